The van der Waals surface area contributed by atoms with Crippen molar-refractivity contribution < 1.29 is 9.59 Å². The minimum atomic E-state index is -0.255. The maximum atomic E-state index is 12.9. The first-order valence-corrected chi connectivity index (χ1v) is 11.2. The quantitative estimate of drug-likeness (QED) is 0.330. The van der Waals surface area contributed by atoms with Gasteiger partial charge in [0.05, 0.1) is 22.4 Å². The molecule has 1 aromatic heterocycles. The lowest BCUT2D eigenvalue weighted by molar-refractivity contribution is -0.114. The summed E-state index contributed by atoms with van der Waals surface area (Å²) in [7, 11) is 0. The van der Waals surface area contributed by atoms with E-state index in [9.17, 15) is 9.59 Å². The number of nitrogens with zero attached hydrogens (tertiary/aromatic N) is 2. The van der Waals surface area contributed by atoms with Gasteiger partial charge in [-0.3, -0.25) is 9.59 Å². The smallest absolute Gasteiger partial charge is 0.255 e. The van der Waals surface area contributed by atoms with Crippen LogP contribution in [-0.2, 0) is 4.79 Å². The fraction of sp³-hybridized carbons (Fsp3) is 0.0345. The number of carbonyl (C=O) groups is 2. The number of hydrogen-bond donors (Lipinski definition) is 2. The highest BCUT2D eigenvalue weighted by atomic mass is 16.2. The SMILES string of the molecule is CC(=O)Nc1ccc(NC(=O)c2ccc3nc(-c4ccccc4)c(-c4ccccc4)nc3c2)cc1. The molecule has 0 unspecified atom stereocenters. The molecule has 6 nitrogen and oxygen atoms in total. The van der Waals surface area contributed by atoms with Crippen LogP contribution in [0.4, 0.5) is 11.4 Å². The third-order valence-corrected chi connectivity index (χ3v) is 5.48. The first-order chi connectivity index (χ1) is 17.1. The Morgan fingerprint density at radius 1 is 0.600 bits per heavy atom. The number of nitrogens with one attached hydrogen (secondary N) is 2. The maximum Gasteiger partial charge on any atom is 0.255 e. The molecule has 2 amide bonds. The fourth-order valence-electron chi connectivity index (χ4n) is 3.83. The van der Waals surface area contributed by atoms with Gasteiger partial charge >= 0.3 is 0 Å². The van der Waals surface area contributed by atoms with E-state index in [0.717, 1.165) is 22.5 Å². The topological polar surface area (TPSA) is 84.0 Å². The van der Waals surface area contributed by atoms with Gasteiger partial charge in [-0.2, -0.15) is 0 Å². The third kappa shape index (κ3) is 4.91. The van der Waals surface area contributed by atoms with Gasteiger partial charge in [0, 0.05) is 35.0 Å². The van der Waals surface area contributed by atoms with E-state index in [4.69, 9.17) is 9.97 Å². The second-order valence-electron chi connectivity index (χ2n) is 8.07. The molecule has 0 aliphatic rings. The molecule has 4 aromatic carbocycles. The lowest BCUT2D eigenvalue weighted by atomic mass is 10.0. The van der Waals surface area contributed by atoms with Crippen molar-refractivity contribution in [1.29, 1.82) is 0 Å². The van der Waals surface area contributed by atoms with Crippen molar-refractivity contribution in [3.05, 3.63) is 109 Å². The summed E-state index contributed by atoms with van der Waals surface area (Å²) in [4.78, 5) is 34.0. The van der Waals surface area contributed by atoms with Gasteiger partial charge in [-0.15, -0.1) is 0 Å². The lowest BCUT2D eigenvalue weighted by Gasteiger charge is -2.12. The van der Waals surface area contributed by atoms with Crippen LogP contribution >= 0.6 is 0 Å². The zero-order chi connectivity index (χ0) is 24.2. The van der Waals surface area contributed by atoms with Gasteiger partial charge in [-0.05, 0) is 42.5 Å². The summed E-state index contributed by atoms with van der Waals surface area (Å²) in [6.45, 7) is 1.45. The van der Waals surface area contributed by atoms with Crippen molar-refractivity contribution in [3.8, 4) is 22.5 Å². The molecule has 2 N–H and O–H groups in total. The van der Waals surface area contributed by atoms with Gasteiger partial charge in [0.15, 0.2) is 0 Å². The van der Waals surface area contributed by atoms with E-state index in [1.54, 1.807) is 36.4 Å². The molecule has 170 valence electrons. The number of fused-ring (bicyclic) bond motifs is 1. The van der Waals surface area contributed by atoms with Crippen molar-refractivity contribution in [2.24, 2.45) is 0 Å². The Bertz CT molecular complexity index is 1520. The zero-order valence-electron chi connectivity index (χ0n) is 19.0. The zero-order valence-corrected chi connectivity index (χ0v) is 19.0. The second-order valence-corrected chi connectivity index (χ2v) is 8.07. The summed E-state index contributed by atoms with van der Waals surface area (Å²) in [5.74, 6) is -0.404. The Kier molecular flexibility index (Phi) is 6.01. The van der Waals surface area contributed by atoms with Gasteiger partial charge in [-0.1, -0.05) is 60.7 Å². The van der Waals surface area contributed by atoms with E-state index in [1.807, 2.05) is 66.7 Å². The molecule has 0 spiro atoms. The Morgan fingerprint density at radius 3 is 1.66 bits per heavy atom. The molecule has 0 fully saturated rings. The largest absolute Gasteiger partial charge is 0.326 e. The van der Waals surface area contributed by atoms with Crippen molar-refractivity contribution in [2.75, 3.05) is 10.6 Å². The van der Waals surface area contributed by atoms with Crippen LogP contribution in [0.3, 0.4) is 0 Å². The molecule has 0 radical (unpaired) electrons. The molecule has 1 heterocycles. The van der Waals surface area contributed by atoms with E-state index in [-0.39, 0.29) is 11.8 Å². The van der Waals surface area contributed by atoms with Gasteiger partial charge in [-0.25, -0.2) is 9.97 Å². The number of anilines is 2. The van der Waals surface area contributed by atoms with Crippen LogP contribution in [0.1, 0.15) is 17.3 Å². The van der Waals surface area contributed by atoms with E-state index < -0.39 is 0 Å². The minimum absolute atomic E-state index is 0.149. The monoisotopic (exact) mass is 458 g/mol. The molecule has 35 heavy (non-hydrogen) atoms. The highest BCUT2D eigenvalue weighted by molar-refractivity contribution is 6.06. The summed E-state index contributed by atoms with van der Waals surface area (Å²) < 4.78 is 0. The standard InChI is InChI=1S/C29H22N4O2/c1-19(34)30-23-13-15-24(16-14-23)31-29(35)22-12-17-25-26(18-22)33-28(21-10-6-3-7-11-21)27(32-25)20-8-4-2-5-9-20/h2-18H,1H3,(H,30,34)(H,31,35). The fourth-order valence-corrected chi connectivity index (χ4v) is 3.83. The van der Waals surface area contributed by atoms with Gasteiger partial charge < -0.3 is 10.6 Å². The Morgan fingerprint density at radius 2 is 1.11 bits per heavy atom. The van der Waals surface area contributed by atoms with Crippen molar-refractivity contribution in [2.45, 2.75) is 6.92 Å². The number of benzene rings is 4. The summed E-state index contributed by atoms with van der Waals surface area (Å²) in [6.07, 6.45) is 0. The first kappa shape index (κ1) is 22.0. The second kappa shape index (κ2) is 9.57. The molecular weight excluding hydrogens is 436 g/mol. The van der Waals surface area contributed by atoms with E-state index in [2.05, 4.69) is 10.6 Å². The number of aromatic nitrogens is 2. The highest BCUT2D eigenvalue weighted by Gasteiger charge is 2.15. The highest BCUT2D eigenvalue weighted by Crippen LogP contribution is 2.31. The molecule has 5 aromatic rings. The van der Waals surface area contributed by atoms with E-state index >= 15 is 0 Å². The molecule has 0 aliphatic heterocycles. The van der Waals surface area contributed by atoms with Crippen molar-refractivity contribution in [3.63, 3.8) is 0 Å². The Labute approximate surface area is 202 Å². The van der Waals surface area contributed by atoms with Crippen molar-refractivity contribution >= 4 is 34.2 Å². The van der Waals surface area contributed by atoms with Crippen molar-refractivity contribution in [1.82, 2.24) is 9.97 Å². The maximum absolute atomic E-state index is 12.9. The summed E-state index contributed by atoms with van der Waals surface area (Å²) in [5, 5.41) is 5.59. The predicted octanol–water partition coefficient (Wildman–Crippen LogP) is 6.17. The third-order valence-electron chi connectivity index (χ3n) is 5.48. The molecule has 5 rings (SSSR count). The van der Waals surface area contributed by atoms with Crippen LogP contribution in [0.15, 0.2) is 103 Å². The minimum Gasteiger partial charge on any atom is -0.326 e. The molecule has 0 saturated heterocycles. The average Bonchev–Trinajstić information content (AvgIpc) is 2.89. The van der Waals surface area contributed by atoms with Gasteiger partial charge in [0.1, 0.15) is 0 Å². The van der Waals surface area contributed by atoms with Crippen LogP contribution < -0.4 is 10.6 Å². The Balaban J connectivity index is 1.50. The molecule has 0 saturated carbocycles. The molecular formula is C29H22N4O2. The van der Waals surface area contributed by atoms with Crippen LogP contribution in [0.5, 0.6) is 0 Å². The number of hydrogen-bond acceptors (Lipinski definition) is 4. The van der Waals surface area contributed by atoms with Crippen LogP contribution in [0.2, 0.25) is 0 Å². The van der Waals surface area contributed by atoms with E-state index in [1.165, 1.54) is 6.92 Å². The normalized spacial score (nSPS) is 10.7. The van der Waals surface area contributed by atoms with E-state index in [0.29, 0.717) is 28.0 Å². The lowest BCUT2D eigenvalue weighted by Crippen LogP contribution is -2.12. The number of rotatable bonds is 5. The number of amides is 2. The number of carbonyl (C=O) groups excluding carboxylic acids is 2. The van der Waals surface area contributed by atoms with Gasteiger partial charge in [0.25, 0.3) is 5.91 Å². The summed E-state index contributed by atoms with van der Waals surface area (Å²) >= 11 is 0. The Hall–Kier alpha value is -4.84. The molecule has 0 aliphatic carbocycles. The molecule has 0 atom stereocenters. The van der Waals surface area contributed by atoms with Crippen LogP contribution in [0, 0.1) is 0 Å². The summed E-state index contributed by atoms with van der Waals surface area (Å²) in [5.41, 5.74) is 6.59. The first-order valence-electron chi connectivity index (χ1n) is 11.2. The molecule has 6 heteroatoms. The predicted molar refractivity (Wildman–Crippen MR) is 139 cm³/mol. The average molecular weight is 459 g/mol. The van der Waals surface area contributed by atoms with Crippen LogP contribution in [0.25, 0.3) is 33.5 Å². The van der Waals surface area contributed by atoms with Gasteiger partial charge in [0.2, 0.25) is 5.91 Å². The molecule has 0 bridgehead atoms. The van der Waals surface area contributed by atoms with Crippen LogP contribution in [-0.4, -0.2) is 21.8 Å². The summed E-state index contributed by atoms with van der Waals surface area (Å²) in [6, 6.07) is 32.1.